The van der Waals surface area contributed by atoms with Gasteiger partial charge in [-0.25, -0.2) is 0 Å². The second kappa shape index (κ2) is 12.5. The van der Waals surface area contributed by atoms with E-state index in [0.717, 1.165) is 70.6 Å². The molecule has 2 N–H and O–H groups in total. The maximum atomic E-state index is 12.7. The van der Waals surface area contributed by atoms with Gasteiger partial charge in [0.25, 0.3) is 0 Å². The van der Waals surface area contributed by atoms with Gasteiger partial charge in [0, 0.05) is 50.6 Å². The van der Waals surface area contributed by atoms with Crippen LogP contribution in [-0.2, 0) is 16.0 Å². The van der Waals surface area contributed by atoms with Crippen LogP contribution < -0.4 is 15.4 Å². The molecule has 3 saturated heterocycles. The van der Waals surface area contributed by atoms with Crippen LogP contribution in [0.1, 0.15) is 49.7 Å². The zero-order valence-electron chi connectivity index (χ0n) is 26.2. The first-order valence-corrected chi connectivity index (χ1v) is 16.2. The van der Waals surface area contributed by atoms with Crippen molar-refractivity contribution < 1.29 is 14.3 Å². The van der Waals surface area contributed by atoms with E-state index in [9.17, 15) is 4.79 Å². The van der Waals surface area contributed by atoms with Crippen LogP contribution in [0.2, 0.25) is 0 Å². The average Bonchev–Trinajstić information content (AvgIpc) is 3.39. The number of likely N-dealkylation sites (N-methyl/N-ethyl adjacent to an activating group) is 2. The lowest BCUT2D eigenvalue weighted by molar-refractivity contribution is -0.140. The number of carbonyl (C=O) groups excluding carboxylic acids is 1. The summed E-state index contributed by atoms with van der Waals surface area (Å²) in [6.45, 7) is 11.0. The van der Waals surface area contributed by atoms with Gasteiger partial charge in [-0.2, -0.15) is 0 Å². The van der Waals surface area contributed by atoms with Crippen molar-refractivity contribution in [2.24, 2.45) is 5.92 Å². The molecular formula is C33H52N6O3. The van der Waals surface area contributed by atoms with Gasteiger partial charge in [-0.05, 0) is 90.3 Å². The van der Waals surface area contributed by atoms with Gasteiger partial charge in [0.15, 0.2) is 6.35 Å². The van der Waals surface area contributed by atoms with Gasteiger partial charge >= 0.3 is 0 Å². The van der Waals surface area contributed by atoms with Crippen LogP contribution in [0.3, 0.4) is 0 Å². The number of amides is 1. The quantitative estimate of drug-likeness (QED) is 0.477. The van der Waals surface area contributed by atoms with E-state index in [4.69, 9.17) is 9.47 Å². The van der Waals surface area contributed by atoms with Crippen molar-refractivity contribution in [2.45, 2.75) is 88.1 Å². The Morgan fingerprint density at radius 1 is 1.19 bits per heavy atom. The summed E-state index contributed by atoms with van der Waals surface area (Å²) in [6.07, 6.45) is 9.17. The van der Waals surface area contributed by atoms with Crippen LogP contribution in [0.15, 0.2) is 30.9 Å². The zero-order valence-corrected chi connectivity index (χ0v) is 26.2. The van der Waals surface area contributed by atoms with Crippen LogP contribution in [0, 0.1) is 12.8 Å². The summed E-state index contributed by atoms with van der Waals surface area (Å²) in [5.41, 5.74) is 2.46. The van der Waals surface area contributed by atoms with Crippen molar-refractivity contribution in [3.05, 3.63) is 42.0 Å². The van der Waals surface area contributed by atoms with E-state index >= 15 is 0 Å². The lowest BCUT2D eigenvalue weighted by Crippen LogP contribution is -2.73. The second-order valence-electron chi connectivity index (χ2n) is 13.8. The molecule has 4 heterocycles. The number of rotatable bonds is 7. The zero-order chi connectivity index (χ0) is 29.4. The van der Waals surface area contributed by atoms with Gasteiger partial charge in [-0.3, -0.25) is 20.3 Å². The lowest BCUT2D eigenvalue weighted by atomic mass is 9.70. The van der Waals surface area contributed by atoms with Crippen molar-refractivity contribution in [1.29, 1.82) is 0 Å². The van der Waals surface area contributed by atoms with E-state index in [1.807, 2.05) is 4.90 Å². The molecule has 0 bridgehead atoms. The molecule has 4 aliphatic heterocycles. The smallest absolute Gasteiger partial charge is 0.246 e. The number of nitrogens with one attached hydrogen (secondary N) is 2. The minimum absolute atomic E-state index is 0.0316. The Bertz CT molecular complexity index is 1130. The highest BCUT2D eigenvalue weighted by atomic mass is 16.5. The third-order valence-electron chi connectivity index (χ3n) is 10.7. The van der Waals surface area contributed by atoms with Crippen molar-refractivity contribution in [3.63, 3.8) is 0 Å². The molecule has 1 saturated carbocycles. The summed E-state index contributed by atoms with van der Waals surface area (Å²) < 4.78 is 13.6. The Morgan fingerprint density at radius 3 is 2.81 bits per heavy atom. The topological polar surface area (TPSA) is 72.5 Å². The second-order valence-corrected chi connectivity index (χ2v) is 13.8. The largest absolute Gasteiger partial charge is 0.487 e. The number of ether oxygens (including phenoxy) is 2. The number of hydrogen-bond acceptors (Lipinski definition) is 8. The number of aryl methyl sites for hydroxylation is 2. The first kappa shape index (κ1) is 30.0. The van der Waals surface area contributed by atoms with Gasteiger partial charge in [-0.1, -0.05) is 24.8 Å². The van der Waals surface area contributed by atoms with E-state index in [2.05, 4.69) is 78.2 Å². The third kappa shape index (κ3) is 6.14. The SMILES string of the molecule is C=CC(=O)N1CCN(C2NC(OCC3CCCN3C)NC3C[C@]4(CCc5cccc(C)c5O4)CCC32)CC1CN(C)C. The van der Waals surface area contributed by atoms with Crippen LogP contribution >= 0.6 is 0 Å². The van der Waals surface area contributed by atoms with Crippen LogP contribution in [0.4, 0.5) is 0 Å². The highest BCUT2D eigenvalue weighted by molar-refractivity contribution is 5.87. The molecule has 1 aromatic rings. The molecule has 9 heteroatoms. The first-order valence-electron chi connectivity index (χ1n) is 16.2. The van der Waals surface area contributed by atoms with Gasteiger partial charge in [0.05, 0.1) is 18.8 Å². The Morgan fingerprint density at radius 2 is 2.05 bits per heavy atom. The maximum absolute atomic E-state index is 12.7. The van der Waals surface area contributed by atoms with Crippen molar-refractivity contribution in [3.8, 4) is 5.75 Å². The third-order valence-corrected chi connectivity index (χ3v) is 10.7. The molecule has 7 atom stereocenters. The number of hydrogen-bond donors (Lipinski definition) is 2. The number of piperazine rings is 1. The normalized spacial score (nSPS) is 35.6. The summed E-state index contributed by atoms with van der Waals surface area (Å²) in [7, 11) is 6.38. The molecule has 0 aromatic heterocycles. The van der Waals surface area contributed by atoms with Gasteiger partial charge in [0.2, 0.25) is 5.91 Å². The van der Waals surface area contributed by atoms with Gasteiger partial charge < -0.3 is 24.2 Å². The molecule has 4 fully saturated rings. The molecule has 1 aromatic carbocycles. The Kier molecular flexibility index (Phi) is 8.97. The monoisotopic (exact) mass is 580 g/mol. The van der Waals surface area contributed by atoms with E-state index in [1.165, 1.54) is 30.0 Å². The van der Waals surface area contributed by atoms with Crippen LogP contribution in [0.25, 0.3) is 0 Å². The average molecular weight is 581 g/mol. The number of para-hydroxylation sites is 1. The fourth-order valence-electron chi connectivity index (χ4n) is 8.36. The molecule has 232 valence electrons. The van der Waals surface area contributed by atoms with Gasteiger partial charge in [0.1, 0.15) is 11.4 Å². The minimum Gasteiger partial charge on any atom is -0.487 e. The molecule has 6 unspecified atom stereocenters. The molecular weight excluding hydrogens is 528 g/mol. The summed E-state index contributed by atoms with van der Waals surface area (Å²) in [5.74, 6) is 1.58. The number of fused-ring (bicyclic) bond motifs is 2. The predicted octanol–water partition coefficient (Wildman–Crippen LogP) is 2.40. The van der Waals surface area contributed by atoms with E-state index < -0.39 is 0 Å². The number of benzene rings is 1. The molecule has 9 nitrogen and oxygen atoms in total. The highest BCUT2D eigenvalue weighted by Crippen LogP contribution is 2.46. The fourth-order valence-corrected chi connectivity index (χ4v) is 8.36. The van der Waals surface area contributed by atoms with E-state index in [-0.39, 0.29) is 30.1 Å². The molecule has 0 radical (unpaired) electrons. The Labute approximate surface area is 252 Å². The first-order chi connectivity index (χ1) is 20.2. The highest BCUT2D eigenvalue weighted by Gasteiger charge is 2.51. The van der Waals surface area contributed by atoms with Crippen LogP contribution in [0.5, 0.6) is 5.75 Å². The lowest BCUT2D eigenvalue weighted by Gasteiger charge is -2.56. The summed E-state index contributed by atoms with van der Waals surface area (Å²) in [5, 5.41) is 7.81. The molecule has 6 rings (SSSR count). The molecule has 5 aliphatic rings. The molecule has 1 aliphatic carbocycles. The summed E-state index contributed by atoms with van der Waals surface area (Å²) >= 11 is 0. The van der Waals surface area contributed by atoms with Crippen LogP contribution in [-0.4, -0.2) is 122 Å². The standard InChI is InChI=1S/C33H52N6O3/c1-6-29(40)39-18-17-38(21-26(39)20-36(3)4)31-27-13-15-33(14-12-24-10-7-9-23(2)30(24)42-33)19-28(27)34-32(35-31)41-22-25-11-8-16-37(25)5/h6-7,9-10,25-28,31-32,34-35H,1,8,11-22H2,2-5H3/t25?,26?,27?,28?,31?,32?,33-/m0/s1. The molecule has 1 amide bonds. The Balaban J connectivity index is 1.21. The fraction of sp³-hybridized carbons (Fsp3) is 0.727. The van der Waals surface area contributed by atoms with Crippen molar-refractivity contribution >= 4 is 5.91 Å². The van der Waals surface area contributed by atoms with Crippen molar-refractivity contribution in [1.82, 2.24) is 30.2 Å². The number of nitrogens with zero attached hydrogens (tertiary/aromatic N) is 4. The summed E-state index contributed by atoms with van der Waals surface area (Å²) in [4.78, 5) is 22.0. The number of carbonyl (C=O) groups is 1. The van der Waals surface area contributed by atoms with E-state index in [0.29, 0.717) is 24.5 Å². The van der Waals surface area contributed by atoms with Gasteiger partial charge in [-0.15, -0.1) is 0 Å². The van der Waals surface area contributed by atoms with E-state index in [1.54, 1.807) is 0 Å². The minimum atomic E-state index is -0.210. The predicted molar refractivity (Wildman–Crippen MR) is 165 cm³/mol. The maximum Gasteiger partial charge on any atom is 0.246 e. The summed E-state index contributed by atoms with van der Waals surface area (Å²) in [6, 6.07) is 7.44. The number of likely N-dealkylation sites (tertiary alicyclic amines) is 1. The van der Waals surface area contributed by atoms with Crippen molar-refractivity contribution in [2.75, 3.05) is 60.5 Å². The Hall–Kier alpha value is -2.01. The molecule has 1 spiro atoms. The molecule has 42 heavy (non-hydrogen) atoms.